The van der Waals surface area contributed by atoms with E-state index < -0.39 is 0 Å². The van der Waals surface area contributed by atoms with Crippen LogP contribution < -0.4 is 5.73 Å². The summed E-state index contributed by atoms with van der Waals surface area (Å²) < 4.78 is 13.2. The molecule has 0 heterocycles. The van der Waals surface area contributed by atoms with Gasteiger partial charge < -0.3 is 10.6 Å². The highest BCUT2D eigenvalue weighted by molar-refractivity contribution is 5.26. The molecule has 90 valence electrons. The van der Waals surface area contributed by atoms with Crippen LogP contribution in [0.25, 0.3) is 0 Å². The molecule has 0 radical (unpaired) electrons. The SMILES string of the molecule is Cc1cc(C(CCCN)N(C)C)ccc1F. The average molecular weight is 224 g/mol. The number of hydrogen-bond donors (Lipinski definition) is 1. The minimum Gasteiger partial charge on any atom is -0.330 e. The fraction of sp³-hybridized carbons (Fsp3) is 0.538. The number of hydrogen-bond acceptors (Lipinski definition) is 2. The molecule has 1 unspecified atom stereocenters. The van der Waals surface area contributed by atoms with Gasteiger partial charge in [-0.3, -0.25) is 0 Å². The van der Waals surface area contributed by atoms with Crippen molar-refractivity contribution in [3.8, 4) is 0 Å². The first kappa shape index (κ1) is 13.1. The maximum absolute atomic E-state index is 13.2. The molecule has 0 fully saturated rings. The van der Waals surface area contributed by atoms with Gasteiger partial charge >= 0.3 is 0 Å². The molecule has 1 aromatic carbocycles. The third-order valence-electron chi connectivity index (χ3n) is 2.87. The molecule has 0 saturated heterocycles. The molecule has 3 heteroatoms. The first-order valence-electron chi connectivity index (χ1n) is 5.68. The van der Waals surface area contributed by atoms with Gasteiger partial charge in [0.1, 0.15) is 5.82 Å². The molecular formula is C13H21FN2. The second-order valence-corrected chi connectivity index (χ2v) is 4.42. The Morgan fingerprint density at radius 2 is 2.06 bits per heavy atom. The molecule has 0 aliphatic carbocycles. The van der Waals surface area contributed by atoms with Crippen LogP contribution in [0.4, 0.5) is 4.39 Å². The van der Waals surface area contributed by atoms with E-state index in [-0.39, 0.29) is 5.82 Å². The van der Waals surface area contributed by atoms with Crippen LogP contribution >= 0.6 is 0 Å². The molecule has 0 aliphatic heterocycles. The molecule has 1 atom stereocenters. The summed E-state index contributed by atoms with van der Waals surface area (Å²) in [5, 5.41) is 0. The van der Waals surface area contributed by atoms with E-state index in [1.54, 1.807) is 13.0 Å². The zero-order valence-corrected chi connectivity index (χ0v) is 10.3. The third-order valence-corrected chi connectivity index (χ3v) is 2.87. The van der Waals surface area contributed by atoms with Gasteiger partial charge in [-0.2, -0.15) is 0 Å². The van der Waals surface area contributed by atoms with Crippen LogP contribution in [0.1, 0.15) is 30.0 Å². The van der Waals surface area contributed by atoms with E-state index in [0.29, 0.717) is 18.2 Å². The molecule has 2 nitrogen and oxygen atoms in total. The number of halogens is 1. The van der Waals surface area contributed by atoms with Crippen molar-refractivity contribution in [2.45, 2.75) is 25.8 Å². The van der Waals surface area contributed by atoms with Crippen LogP contribution in [0.3, 0.4) is 0 Å². The number of benzene rings is 1. The second-order valence-electron chi connectivity index (χ2n) is 4.42. The van der Waals surface area contributed by atoms with E-state index >= 15 is 0 Å². The van der Waals surface area contributed by atoms with E-state index in [1.165, 1.54) is 0 Å². The lowest BCUT2D eigenvalue weighted by Gasteiger charge is -2.25. The fourth-order valence-electron chi connectivity index (χ4n) is 1.91. The van der Waals surface area contributed by atoms with Gasteiger partial charge in [-0.1, -0.05) is 12.1 Å². The molecule has 1 rings (SSSR count). The van der Waals surface area contributed by atoms with Crippen LogP contribution in [0.2, 0.25) is 0 Å². The smallest absolute Gasteiger partial charge is 0.126 e. The summed E-state index contributed by atoms with van der Waals surface area (Å²) in [4.78, 5) is 2.16. The van der Waals surface area contributed by atoms with Crippen LogP contribution in [-0.2, 0) is 0 Å². The van der Waals surface area contributed by atoms with Gasteiger partial charge in [0.25, 0.3) is 0 Å². The number of rotatable bonds is 5. The lowest BCUT2D eigenvalue weighted by Crippen LogP contribution is -2.21. The Hall–Kier alpha value is -0.930. The summed E-state index contributed by atoms with van der Waals surface area (Å²) in [6.07, 6.45) is 1.99. The van der Waals surface area contributed by atoms with Gasteiger partial charge in [0.15, 0.2) is 0 Å². The summed E-state index contributed by atoms with van der Waals surface area (Å²) >= 11 is 0. The van der Waals surface area contributed by atoms with Crippen molar-refractivity contribution >= 4 is 0 Å². The topological polar surface area (TPSA) is 29.3 Å². The minimum atomic E-state index is -0.139. The predicted octanol–water partition coefficient (Wildman–Crippen LogP) is 2.48. The van der Waals surface area contributed by atoms with Gasteiger partial charge in [0, 0.05) is 6.04 Å². The second kappa shape index (κ2) is 5.97. The van der Waals surface area contributed by atoms with Crippen molar-refractivity contribution in [2.24, 2.45) is 5.73 Å². The van der Waals surface area contributed by atoms with Crippen LogP contribution in [0.5, 0.6) is 0 Å². The van der Waals surface area contributed by atoms with E-state index in [2.05, 4.69) is 4.90 Å². The van der Waals surface area contributed by atoms with Gasteiger partial charge in [0.2, 0.25) is 0 Å². The maximum Gasteiger partial charge on any atom is 0.126 e. The van der Waals surface area contributed by atoms with Gasteiger partial charge in [-0.25, -0.2) is 4.39 Å². The Bertz CT molecular complexity index is 337. The number of aryl methyl sites for hydroxylation is 1. The van der Waals surface area contributed by atoms with Crippen molar-refractivity contribution in [3.63, 3.8) is 0 Å². The molecule has 0 aromatic heterocycles. The molecule has 1 aromatic rings. The van der Waals surface area contributed by atoms with Gasteiger partial charge in [0.05, 0.1) is 0 Å². The van der Waals surface area contributed by atoms with Crippen molar-refractivity contribution in [3.05, 3.63) is 35.1 Å². The lowest BCUT2D eigenvalue weighted by atomic mass is 9.99. The Morgan fingerprint density at radius 3 is 2.56 bits per heavy atom. The third kappa shape index (κ3) is 3.29. The van der Waals surface area contributed by atoms with E-state index in [9.17, 15) is 4.39 Å². The first-order valence-corrected chi connectivity index (χ1v) is 5.68. The van der Waals surface area contributed by atoms with Gasteiger partial charge in [-0.15, -0.1) is 0 Å². The molecule has 0 aliphatic rings. The summed E-state index contributed by atoms with van der Waals surface area (Å²) in [6.45, 7) is 2.50. The van der Waals surface area contributed by atoms with Crippen molar-refractivity contribution in [1.29, 1.82) is 0 Å². The van der Waals surface area contributed by atoms with Crippen molar-refractivity contribution < 1.29 is 4.39 Å². The molecule has 0 amide bonds. The molecule has 16 heavy (non-hydrogen) atoms. The Kier molecular flexibility index (Phi) is 4.90. The normalized spacial score (nSPS) is 13.1. The lowest BCUT2D eigenvalue weighted by molar-refractivity contribution is 0.280. The maximum atomic E-state index is 13.2. The van der Waals surface area contributed by atoms with E-state index in [0.717, 1.165) is 18.4 Å². The standard InChI is InChI=1S/C13H21FN2/c1-10-9-11(6-7-12(10)14)13(16(2)3)5-4-8-15/h6-7,9,13H,4-5,8,15H2,1-3H3. The zero-order valence-electron chi connectivity index (χ0n) is 10.3. The zero-order chi connectivity index (χ0) is 12.1. The molecule has 0 spiro atoms. The molecule has 2 N–H and O–H groups in total. The summed E-state index contributed by atoms with van der Waals surface area (Å²) in [5.74, 6) is -0.139. The van der Waals surface area contributed by atoms with Crippen LogP contribution in [-0.4, -0.2) is 25.5 Å². The Labute approximate surface area is 97.3 Å². The van der Waals surface area contributed by atoms with Crippen molar-refractivity contribution in [2.75, 3.05) is 20.6 Å². The van der Waals surface area contributed by atoms with Crippen LogP contribution in [0.15, 0.2) is 18.2 Å². The Balaban J connectivity index is 2.88. The predicted molar refractivity (Wildman–Crippen MR) is 65.9 cm³/mol. The molecule has 0 bridgehead atoms. The van der Waals surface area contributed by atoms with Crippen LogP contribution in [0, 0.1) is 12.7 Å². The quantitative estimate of drug-likeness (QED) is 0.832. The van der Waals surface area contributed by atoms with E-state index in [1.807, 2.05) is 26.2 Å². The highest BCUT2D eigenvalue weighted by Gasteiger charge is 2.14. The highest BCUT2D eigenvalue weighted by Crippen LogP contribution is 2.24. The van der Waals surface area contributed by atoms with Crippen molar-refractivity contribution in [1.82, 2.24) is 4.90 Å². The molecule has 0 saturated carbocycles. The summed E-state index contributed by atoms with van der Waals surface area (Å²) in [5.41, 5.74) is 7.40. The minimum absolute atomic E-state index is 0.139. The van der Waals surface area contributed by atoms with Gasteiger partial charge in [-0.05, 0) is 57.6 Å². The largest absolute Gasteiger partial charge is 0.330 e. The van der Waals surface area contributed by atoms with E-state index in [4.69, 9.17) is 5.73 Å². The fourth-order valence-corrected chi connectivity index (χ4v) is 1.91. The highest BCUT2D eigenvalue weighted by atomic mass is 19.1. The number of nitrogens with zero attached hydrogens (tertiary/aromatic N) is 1. The molecular weight excluding hydrogens is 203 g/mol. The summed E-state index contributed by atoms with van der Waals surface area (Å²) in [6, 6.07) is 5.66. The monoisotopic (exact) mass is 224 g/mol. The first-order chi connectivity index (χ1) is 7.56. The average Bonchev–Trinajstić information content (AvgIpc) is 2.23. The Morgan fingerprint density at radius 1 is 1.38 bits per heavy atom. The number of nitrogens with two attached hydrogens (primary N) is 1. The summed E-state index contributed by atoms with van der Waals surface area (Å²) in [7, 11) is 4.08.